The van der Waals surface area contributed by atoms with Gasteiger partial charge in [0.05, 0.1) is 0 Å². The van der Waals surface area contributed by atoms with Crippen LogP contribution in [0.3, 0.4) is 0 Å². The molecule has 17 heavy (non-hydrogen) atoms. The highest BCUT2D eigenvalue weighted by atomic mass is 14.7. The van der Waals surface area contributed by atoms with Gasteiger partial charge in [-0.2, -0.15) is 0 Å². The summed E-state index contributed by atoms with van der Waals surface area (Å²) < 4.78 is 0. The zero-order valence-electron chi connectivity index (χ0n) is 10.2. The van der Waals surface area contributed by atoms with Crippen LogP contribution in [0.2, 0.25) is 0 Å². The Morgan fingerprint density at radius 1 is 1.06 bits per heavy atom. The van der Waals surface area contributed by atoms with Gasteiger partial charge in [0.25, 0.3) is 0 Å². The molecule has 0 saturated carbocycles. The third-order valence-electron chi connectivity index (χ3n) is 3.00. The molecule has 0 unspecified atom stereocenters. The Morgan fingerprint density at radius 2 is 1.82 bits per heavy atom. The minimum absolute atomic E-state index is 0.587. The van der Waals surface area contributed by atoms with Crippen molar-refractivity contribution in [2.24, 2.45) is 5.73 Å². The smallest absolute Gasteiger partial charge is 0.0447 e. The third-order valence-corrected chi connectivity index (χ3v) is 3.00. The van der Waals surface area contributed by atoms with Gasteiger partial charge < -0.3 is 5.73 Å². The van der Waals surface area contributed by atoms with Crippen LogP contribution in [0, 0.1) is 0 Å². The Kier molecular flexibility index (Phi) is 3.89. The van der Waals surface area contributed by atoms with E-state index in [1.54, 1.807) is 0 Å². The van der Waals surface area contributed by atoms with Gasteiger partial charge in [0.1, 0.15) is 0 Å². The molecule has 0 aliphatic carbocycles. The molecule has 0 saturated heterocycles. The summed E-state index contributed by atoms with van der Waals surface area (Å²) in [5.41, 5.74) is 10.6. The average molecular weight is 226 g/mol. The van der Waals surface area contributed by atoms with E-state index in [4.69, 9.17) is 5.73 Å². The summed E-state index contributed by atoms with van der Waals surface area (Å²) in [5.74, 6) is 0. The summed E-state index contributed by atoms with van der Waals surface area (Å²) in [6.45, 7) is 2.73. The molecule has 0 amide bonds. The molecule has 2 nitrogen and oxygen atoms in total. The number of rotatable bonds is 4. The first-order chi connectivity index (χ1) is 8.33. The maximum Gasteiger partial charge on any atom is 0.0447 e. The Labute approximate surface area is 103 Å². The molecule has 1 heterocycles. The second-order valence-corrected chi connectivity index (χ2v) is 4.16. The first kappa shape index (κ1) is 11.8. The topological polar surface area (TPSA) is 38.9 Å². The van der Waals surface area contributed by atoms with Crippen molar-refractivity contribution in [1.82, 2.24) is 4.98 Å². The number of aryl methyl sites for hydroxylation is 1. The summed E-state index contributed by atoms with van der Waals surface area (Å²) in [6, 6.07) is 12.5. The predicted octanol–water partition coefficient (Wildman–Crippen LogP) is 2.69. The molecule has 1 aromatic carbocycles. The maximum absolute atomic E-state index is 5.73. The molecule has 88 valence electrons. The largest absolute Gasteiger partial charge is 0.326 e. The van der Waals surface area contributed by atoms with Crippen molar-refractivity contribution in [3.05, 3.63) is 65.0 Å². The van der Waals surface area contributed by atoms with Gasteiger partial charge in [-0.15, -0.1) is 0 Å². The Balaban J connectivity index is 2.19. The van der Waals surface area contributed by atoms with Crippen molar-refractivity contribution >= 4 is 0 Å². The standard InChI is InChI=1S/C15H18N2/c1-2-12-7-8-15(17-11-12)9-13-5-3-4-6-14(13)10-16/h3-8,11H,2,9-10,16H2,1H3. The lowest BCUT2D eigenvalue weighted by molar-refractivity contribution is 0.983. The normalized spacial score (nSPS) is 10.5. The molecule has 0 radical (unpaired) electrons. The minimum Gasteiger partial charge on any atom is -0.326 e. The van der Waals surface area contributed by atoms with Crippen LogP contribution in [-0.4, -0.2) is 4.98 Å². The monoisotopic (exact) mass is 226 g/mol. The van der Waals surface area contributed by atoms with Crippen LogP contribution in [0.15, 0.2) is 42.6 Å². The maximum atomic E-state index is 5.73. The van der Waals surface area contributed by atoms with Crippen molar-refractivity contribution < 1.29 is 0 Å². The summed E-state index contributed by atoms with van der Waals surface area (Å²) in [4.78, 5) is 4.48. The van der Waals surface area contributed by atoms with Crippen LogP contribution < -0.4 is 5.73 Å². The number of nitrogens with two attached hydrogens (primary N) is 1. The van der Waals surface area contributed by atoms with Crippen LogP contribution in [0.1, 0.15) is 29.3 Å². The van der Waals surface area contributed by atoms with E-state index in [0.29, 0.717) is 6.54 Å². The van der Waals surface area contributed by atoms with E-state index in [9.17, 15) is 0 Å². The summed E-state index contributed by atoms with van der Waals surface area (Å²) in [7, 11) is 0. The van der Waals surface area contributed by atoms with E-state index < -0.39 is 0 Å². The van der Waals surface area contributed by atoms with Crippen LogP contribution in [0.25, 0.3) is 0 Å². The minimum atomic E-state index is 0.587. The highest BCUT2D eigenvalue weighted by Gasteiger charge is 2.02. The average Bonchev–Trinajstić information content (AvgIpc) is 2.40. The number of pyridine rings is 1. The summed E-state index contributed by atoms with van der Waals surface area (Å²) in [6.07, 6.45) is 3.85. The van der Waals surface area contributed by atoms with Crippen molar-refractivity contribution in [1.29, 1.82) is 0 Å². The van der Waals surface area contributed by atoms with Gasteiger partial charge in [-0.25, -0.2) is 0 Å². The van der Waals surface area contributed by atoms with Gasteiger partial charge >= 0.3 is 0 Å². The molecule has 2 aromatic rings. The van der Waals surface area contributed by atoms with Crippen molar-refractivity contribution in [3.8, 4) is 0 Å². The molecular formula is C15H18N2. The number of hydrogen-bond acceptors (Lipinski definition) is 2. The molecule has 2 rings (SSSR count). The molecule has 1 aromatic heterocycles. The number of nitrogens with zero attached hydrogens (tertiary/aromatic N) is 1. The van der Waals surface area contributed by atoms with E-state index in [1.807, 2.05) is 12.3 Å². The summed E-state index contributed by atoms with van der Waals surface area (Å²) >= 11 is 0. The van der Waals surface area contributed by atoms with Gasteiger partial charge in [0.15, 0.2) is 0 Å². The second-order valence-electron chi connectivity index (χ2n) is 4.16. The molecule has 0 bridgehead atoms. The highest BCUT2D eigenvalue weighted by molar-refractivity contribution is 5.31. The molecule has 0 spiro atoms. The Morgan fingerprint density at radius 3 is 2.41 bits per heavy atom. The van der Waals surface area contributed by atoms with Crippen LogP contribution in [0.4, 0.5) is 0 Å². The molecule has 2 heteroatoms. The SMILES string of the molecule is CCc1ccc(Cc2ccccc2CN)nc1. The van der Waals surface area contributed by atoms with Crippen LogP contribution in [0.5, 0.6) is 0 Å². The van der Waals surface area contributed by atoms with E-state index in [1.165, 1.54) is 16.7 Å². The zero-order chi connectivity index (χ0) is 12.1. The first-order valence-corrected chi connectivity index (χ1v) is 6.04. The number of aromatic nitrogens is 1. The van der Waals surface area contributed by atoms with Gasteiger partial charge in [-0.1, -0.05) is 37.3 Å². The summed E-state index contributed by atoms with van der Waals surface area (Å²) in [5, 5.41) is 0. The Bertz CT molecular complexity index is 475. The second kappa shape index (κ2) is 5.60. The van der Waals surface area contributed by atoms with Gasteiger partial charge in [0, 0.05) is 24.9 Å². The quantitative estimate of drug-likeness (QED) is 0.870. The lowest BCUT2D eigenvalue weighted by Gasteiger charge is -2.07. The molecule has 0 aliphatic heterocycles. The number of benzene rings is 1. The van der Waals surface area contributed by atoms with E-state index in [2.05, 4.69) is 42.2 Å². The lowest BCUT2D eigenvalue weighted by Crippen LogP contribution is -2.02. The van der Waals surface area contributed by atoms with Crippen LogP contribution in [-0.2, 0) is 19.4 Å². The molecule has 0 fully saturated rings. The van der Waals surface area contributed by atoms with Crippen molar-refractivity contribution in [3.63, 3.8) is 0 Å². The molecule has 0 atom stereocenters. The fraction of sp³-hybridized carbons (Fsp3) is 0.267. The molecule has 0 aliphatic rings. The third kappa shape index (κ3) is 2.92. The lowest BCUT2D eigenvalue weighted by atomic mass is 10.0. The van der Waals surface area contributed by atoms with Gasteiger partial charge in [0.2, 0.25) is 0 Å². The van der Waals surface area contributed by atoms with Crippen molar-refractivity contribution in [2.45, 2.75) is 26.3 Å². The fourth-order valence-corrected chi connectivity index (χ4v) is 1.89. The Hall–Kier alpha value is -1.67. The molecule has 2 N–H and O–H groups in total. The van der Waals surface area contributed by atoms with E-state index in [0.717, 1.165) is 18.5 Å². The van der Waals surface area contributed by atoms with Crippen LogP contribution >= 0.6 is 0 Å². The van der Waals surface area contributed by atoms with Gasteiger partial charge in [-0.3, -0.25) is 4.98 Å². The molecular weight excluding hydrogens is 208 g/mol. The van der Waals surface area contributed by atoms with Gasteiger partial charge in [-0.05, 0) is 29.2 Å². The van der Waals surface area contributed by atoms with E-state index in [-0.39, 0.29) is 0 Å². The van der Waals surface area contributed by atoms with E-state index >= 15 is 0 Å². The first-order valence-electron chi connectivity index (χ1n) is 6.04. The zero-order valence-corrected chi connectivity index (χ0v) is 10.2. The number of hydrogen-bond donors (Lipinski definition) is 1. The fourth-order valence-electron chi connectivity index (χ4n) is 1.89. The van der Waals surface area contributed by atoms with Crippen molar-refractivity contribution in [2.75, 3.05) is 0 Å². The highest BCUT2D eigenvalue weighted by Crippen LogP contribution is 2.13. The predicted molar refractivity (Wildman–Crippen MR) is 70.8 cm³/mol.